The fraction of sp³-hybridized carbons (Fsp3) is 1.00. The summed E-state index contributed by atoms with van der Waals surface area (Å²) in [5.74, 6) is 3.60. The van der Waals surface area contributed by atoms with E-state index in [1.165, 1.54) is 63.2 Å². The molecule has 1 heterocycles. The summed E-state index contributed by atoms with van der Waals surface area (Å²) in [5.41, 5.74) is 0. The lowest BCUT2D eigenvalue weighted by molar-refractivity contribution is 0.230. The number of nitrogens with zero attached hydrogens (tertiary/aromatic N) is 1. The van der Waals surface area contributed by atoms with Crippen molar-refractivity contribution < 1.29 is 0 Å². The third-order valence-electron chi connectivity index (χ3n) is 3.05. The molecule has 0 unspecified atom stereocenters. The average Bonchev–Trinajstić information content (AvgIpc) is 2.24. The van der Waals surface area contributed by atoms with Gasteiger partial charge in [0.1, 0.15) is 0 Å². The monoisotopic (exact) mass is 229 g/mol. The molecule has 0 radical (unpaired) electrons. The Labute approximate surface area is 100.0 Å². The Morgan fingerprint density at radius 3 is 2.47 bits per heavy atom. The van der Waals surface area contributed by atoms with Crippen LogP contribution in [-0.4, -0.2) is 36.0 Å². The van der Waals surface area contributed by atoms with Crippen molar-refractivity contribution in [2.75, 3.05) is 31.1 Å². The molecule has 0 aromatic rings. The number of piperidine rings is 1. The second-order valence-electron chi connectivity index (χ2n) is 5.05. The lowest BCUT2D eigenvalue weighted by Gasteiger charge is -2.26. The molecule has 2 heteroatoms. The molecule has 0 N–H and O–H groups in total. The van der Waals surface area contributed by atoms with E-state index in [2.05, 4.69) is 30.5 Å². The number of hydrogen-bond donors (Lipinski definition) is 0. The number of likely N-dealkylation sites (tertiary alicyclic amines) is 1. The predicted molar refractivity (Wildman–Crippen MR) is 71.7 cm³/mol. The quantitative estimate of drug-likeness (QED) is 0.613. The van der Waals surface area contributed by atoms with Gasteiger partial charge in [0.05, 0.1) is 0 Å². The van der Waals surface area contributed by atoms with Crippen molar-refractivity contribution in [2.24, 2.45) is 5.92 Å². The maximum atomic E-state index is 2.65. The SMILES string of the molecule is CC(C)CCSCCCN1CCCCC1. The van der Waals surface area contributed by atoms with Crippen LogP contribution in [0.15, 0.2) is 0 Å². The van der Waals surface area contributed by atoms with E-state index >= 15 is 0 Å². The molecule has 1 fully saturated rings. The van der Waals surface area contributed by atoms with Crippen LogP contribution in [0.2, 0.25) is 0 Å². The van der Waals surface area contributed by atoms with E-state index in [0.29, 0.717) is 0 Å². The van der Waals surface area contributed by atoms with Gasteiger partial charge in [0.2, 0.25) is 0 Å². The zero-order valence-corrected chi connectivity index (χ0v) is 11.3. The molecule has 0 amide bonds. The van der Waals surface area contributed by atoms with Crippen LogP contribution in [0.5, 0.6) is 0 Å². The standard InChI is InChI=1S/C13H27NS/c1-13(2)7-12-15-11-6-10-14-8-4-3-5-9-14/h13H,3-12H2,1-2H3. The van der Waals surface area contributed by atoms with Gasteiger partial charge in [0.25, 0.3) is 0 Å². The molecule has 1 nitrogen and oxygen atoms in total. The zero-order chi connectivity index (χ0) is 10.9. The highest BCUT2D eigenvalue weighted by atomic mass is 32.2. The van der Waals surface area contributed by atoms with Crippen molar-refractivity contribution in [3.8, 4) is 0 Å². The molecule has 0 bridgehead atoms. The Kier molecular flexibility index (Phi) is 7.54. The number of rotatable bonds is 7. The summed E-state index contributed by atoms with van der Waals surface area (Å²) < 4.78 is 0. The van der Waals surface area contributed by atoms with Crippen LogP contribution in [0, 0.1) is 5.92 Å². The maximum Gasteiger partial charge on any atom is -0.00109 e. The highest BCUT2D eigenvalue weighted by molar-refractivity contribution is 7.99. The van der Waals surface area contributed by atoms with Crippen LogP contribution in [-0.2, 0) is 0 Å². The molecule has 0 saturated carbocycles. The average molecular weight is 229 g/mol. The molecule has 0 spiro atoms. The maximum absolute atomic E-state index is 2.65. The van der Waals surface area contributed by atoms with Gasteiger partial charge in [-0.25, -0.2) is 0 Å². The third-order valence-corrected chi connectivity index (χ3v) is 4.15. The molecule has 0 aromatic carbocycles. The van der Waals surface area contributed by atoms with Crippen molar-refractivity contribution in [3.63, 3.8) is 0 Å². The normalized spacial score (nSPS) is 18.6. The van der Waals surface area contributed by atoms with Gasteiger partial charge in [-0.15, -0.1) is 0 Å². The molecule has 0 aliphatic carbocycles. The first-order valence-corrected chi connectivity index (χ1v) is 7.74. The minimum absolute atomic E-state index is 0.875. The van der Waals surface area contributed by atoms with Crippen LogP contribution < -0.4 is 0 Å². The zero-order valence-electron chi connectivity index (χ0n) is 10.5. The highest BCUT2D eigenvalue weighted by Crippen LogP contribution is 2.12. The summed E-state index contributed by atoms with van der Waals surface area (Å²) >= 11 is 2.14. The topological polar surface area (TPSA) is 3.24 Å². The van der Waals surface area contributed by atoms with E-state index in [1.807, 2.05) is 0 Å². The second-order valence-corrected chi connectivity index (χ2v) is 6.28. The van der Waals surface area contributed by atoms with Crippen LogP contribution in [0.1, 0.15) is 46.0 Å². The van der Waals surface area contributed by atoms with E-state index in [-0.39, 0.29) is 0 Å². The summed E-state index contributed by atoms with van der Waals surface area (Å²) in [6, 6.07) is 0. The third kappa shape index (κ3) is 7.24. The van der Waals surface area contributed by atoms with Gasteiger partial charge in [0.15, 0.2) is 0 Å². The van der Waals surface area contributed by atoms with Crippen LogP contribution >= 0.6 is 11.8 Å². The van der Waals surface area contributed by atoms with E-state index in [9.17, 15) is 0 Å². The van der Waals surface area contributed by atoms with Gasteiger partial charge in [-0.3, -0.25) is 0 Å². The highest BCUT2D eigenvalue weighted by Gasteiger charge is 2.08. The molecule has 15 heavy (non-hydrogen) atoms. The smallest absolute Gasteiger partial charge is 0.00109 e. The molecule has 0 aromatic heterocycles. The Balaban J connectivity index is 1.83. The molecule has 90 valence electrons. The van der Waals surface area contributed by atoms with E-state index in [1.54, 1.807) is 0 Å². The Morgan fingerprint density at radius 2 is 1.80 bits per heavy atom. The largest absolute Gasteiger partial charge is 0.303 e. The van der Waals surface area contributed by atoms with E-state index < -0.39 is 0 Å². The number of hydrogen-bond acceptors (Lipinski definition) is 2. The first-order chi connectivity index (χ1) is 7.29. The van der Waals surface area contributed by atoms with Crippen molar-refractivity contribution in [1.82, 2.24) is 4.90 Å². The summed E-state index contributed by atoms with van der Waals surface area (Å²) in [6.45, 7) is 8.69. The van der Waals surface area contributed by atoms with Crippen LogP contribution in [0.25, 0.3) is 0 Å². The van der Waals surface area contributed by atoms with Crippen molar-refractivity contribution in [1.29, 1.82) is 0 Å². The Hall–Kier alpha value is 0.310. The minimum Gasteiger partial charge on any atom is -0.303 e. The van der Waals surface area contributed by atoms with Gasteiger partial charge < -0.3 is 4.90 Å². The van der Waals surface area contributed by atoms with Gasteiger partial charge >= 0.3 is 0 Å². The predicted octanol–water partition coefficient (Wildman–Crippen LogP) is 3.64. The van der Waals surface area contributed by atoms with Gasteiger partial charge in [-0.05, 0) is 62.7 Å². The van der Waals surface area contributed by atoms with E-state index in [0.717, 1.165) is 5.92 Å². The fourth-order valence-electron chi connectivity index (χ4n) is 1.99. The summed E-state index contributed by atoms with van der Waals surface area (Å²) in [6.07, 6.45) is 7.10. The molecule has 0 atom stereocenters. The number of thioether (sulfide) groups is 1. The molecular weight excluding hydrogens is 202 g/mol. The molecule has 1 aliphatic rings. The van der Waals surface area contributed by atoms with Gasteiger partial charge in [-0.1, -0.05) is 20.3 Å². The van der Waals surface area contributed by atoms with Gasteiger partial charge in [0, 0.05) is 0 Å². The Morgan fingerprint density at radius 1 is 1.07 bits per heavy atom. The second kappa shape index (κ2) is 8.46. The summed E-state index contributed by atoms with van der Waals surface area (Å²) in [7, 11) is 0. The summed E-state index contributed by atoms with van der Waals surface area (Å²) in [4.78, 5) is 2.65. The molecular formula is C13H27NS. The lowest BCUT2D eigenvalue weighted by Crippen LogP contribution is -2.30. The summed E-state index contributed by atoms with van der Waals surface area (Å²) in [5, 5.41) is 0. The first-order valence-electron chi connectivity index (χ1n) is 6.59. The van der Waals surface area contributed by atoms with Crippen LogP contribution in [0.4, 0.5) is 0 Å². The molecule has 1 saturated heterocycles. The first kappa shape index (κ1) is 13.4. The van der Waals surface area contributed by atoms with Crippen molar-refractivity contribution in [3.05, 3.63) is 0 Å². The molecule has 1 rings (SSSR count). The van der Waals surface area contributed by atoms with Crippen molar-refractivity contribution >= 4 is 11.8 Å². The molecule has 1 aliphatic heterocycles. The van der Waals surface area contributed by atoms with Crippen molar-refractivity contribution in [2.45, 2.75) is 46.0 Å². The Bertz CT molecular complexity index is 141. The fourth-order valence-corrected chi connectivity index (χ4v) is 3.17. The van der Waals surface area contributed by atoms with Crippen LogP contribution in [0.3, 0.4) is 0 Å². The van der Waals surface area contributed by atoms with Gasteiger partial charge in [-0.2, -0.15) is 11.8 Å². The minimum atomic E-state index is 0.875. The lowest BCUT2D eigenvalue weighted by atomic mass is 10.1. The van der Waals surface area contributed by atoms with E-state index in [4.69, 9.17) is 0 Å².